The molecule has 1 N–H and O–H groups in total. The van der Waals surface area contributed by atoms with Crippen LogP contribution >= 0.6 is 15.9 Å². The summed E-state index contributed by atoms with van der Waals surface area (Å²) in [6.07, 6.45) is 2.66. The normalized spacial score (nSPS) is 12.1. The second kappa shape index (κ2) is 9.56. The van der Waals surface area contributed by atoms with Crippen LogP contribution in [0.5, 0.6) is 11.5 Å². The fourth-order valence-corrected chi connectivity index (χ4v) is 3.27. The Bertz CT molecular complexity index is 1050. The largest absolute Gasteiger partial charge is 0.496 e. The summed E-state index contributed by atoms with van der Waals surface area (Å²) in [6.45, 7) is 4.10. The molecule has 0 saturated carbocycles. The number of nitrogens with zero attached hydrogens (tertiary/aromatic N) is 1. The maximum absolute atomic E-state index is 12.6. The maximum Gasteiger partial charge on any atom is 0.275 e. The van der Waals surface area contributed by atoms with E-state index in [1.54, 1.807) is 19.4 Å². The number of methoxy groups -OCH3 is 1. The summed E-state index contributed by atoms with van der Waals surface area (Å²) in [5.41, 5.74) is 3.83. The van der Waals surface area contributed by atoms with Gasteiger partial charge in [-0.05, 0) is 75.9 Å². The number of rotatable bonds is 7. The van der Waals surface area contributed by atoms with E-state index < -0.39 is 0 Å². The lowest BCUT2D eigenvalue weighted by Crippen LogP contribution is -2.18. The minimum absolute atomic E-state index is 0.141. The van der Waals surface area contributed by atoms with Gasteiger partial charge in [-0.1, -0.05) is 31.2 Å². The minimum atomic E-state index is -0.334. The molecule has 5 nitrogen and oxygen atoms in total. The Morgan fingerprint density at radius 3 is 2.52 bits per heavy atom. The van der Waals surface area contributed by atoms with Crippen LogP contribution in [-0.4, -0.2) is 25.3 Å². The van der Waals surface area contributed by atoms with E-state index in [2.05, 4.69) is 33.4 Å². The number of carbonyl (C=O) groups excluding carboxylic acids is 1. The zero-order valence-electron chi connectivity index (χ0n) is 16.6. The molecule has 0 aliphatic heterocycles. The molecule has 0 bridgehead atoms. The van der Waals surface area contributed by atoms with Crippen molar-refractivity contribution in [2.45, 2.75) is 26.4 Å². The van der Waals surface area contributed by atoms with E-state index >= 15 is 0 Å². The van der Waals surface area contributed by atoms with Crippen molar-refractivity contribution in [3.05, 3.63) is 70.2 Å². The summed E-state index contributed by atoms with van der Waals surface area (Å²) in [6, 6.07) is 17.1. The molecular formula is C23H23BrN2O3. The fraction of sp³-hybridized carbons (Fsp3) is 0.217. The van der Waals surface area contributed by atoms with Gasteiger partial charge in [0.25, 0.3) is 5.91 Å². The van der Waals surface area contributed by atoms with E-state index in [1.165, 1.54) is 0 Å². The van der Waals surface area contributed by atoms with E-state index in [0.717, 1.165) is 33.0 Å². The molecule has 0 radical (unpaired) electrons. The highest BCUT2D eigenvalue weighted by atomic mass is 79.9. The third-order valence-corrected chi connectivity index (χ3v) is 5.17. The van der Waals surface area contributed by atoms with Crippen LogP contribution in [0, 0.1) is 0 Å². The van der Waals surface area contributed by atoms with Crippen molar-refractivity contribution in [1.29, 1.82) is 0 Å². The quantitative estimate of drug-likeness (QED) is 0.375. The lowest BCUT2D eigenvalue weighted by molar-refractivity contribution is 0.0952. The van der Waals surface area contributed by atoms with Crippen LogP contribution in [0.1, 0.15) is 36.2 Å². The average molecular weight is 455 g/mol. The van der Waals surface area contributed by atoms with Crippen LogP contribution in [0.25, 0.3) is 10.8 Å². The molecule has 0 aliphatic rings. The number of amides is 1. The van der Waals surface area contributed by atoms with E-state index in [0.29, 0.717) is 11.3 Å². The molecule has 150 valence electrons. The zero-order chi connectivity index (χ0) is 20.8. The van der Waals surface area contributed by atoms with Gasteiger partial charge in [-0.25, -0.2) is 5.43 Å². The molecule has 6 heteroatoms. The second-order valence-electron chi connectivity index (χ2n) is 6.63. The first-order chi connectivity index (χ1) is 14.0. The minimum Gasteiger partial charge on any atom is -0.496 e. The Morgan fingerprint density at radius 1 is 1.14 bits per heavy atom. The summed E-state index contributed by atoms with van der Waals surface area (Å²) in [4.78, 5) is 12.6. The van der Waals surface area contributed by atoms with Crippen molar-refractivity contribution in [3.8, 4) is 11.5 Å². The molecule has 0 fully saturated rings. The Kier molecular flexibility index (Phi) is 6.88. The third kappa shape index (κ3) is 5.15. The number of hydrazone groups is 1. The molecule has 0 aliphatic carbocycles. The third-order valence-electron chi connectivity index (χ3n) is 4.55. The number of benzene rings is 3. The van der Waals surface area contributed by atoms with Gasteiger partial charge in [-0.15, -0.1) is 0 Å². The van der Waals surface area contributed by atoms with Crippen molar-refractivity contribution >= 4 is 38.8 Å². The average Bonchev–Trinajstić information content (AvgIpc) is 2.74. The van der Waals surface area contributed by atoms with Crippen LogP contribution in [0.3, 0.4) is 0 Å². The van der Waals surface area contributed by atoms with Crippen molar-refractivity contribution in [2.24, 2.45) is 5.10 Å². The van der Waals surface area contributed by atoms with Gasteiger partial charge in [0.05, 0.1) is 29.5 Å². The second-order valence-corrected chi connectivity index (χ2v) is 7.48. The van der Waals surface area contributed by atoms with E-state index in [1.807, 2.05) is 55.5 Å². The van der Waals surface area contributed by atoms with Crippen molar-refractivity contribution in [3.63, 3.8) is 0 Å². The summed E-state index contributed by atoms with van der Waals surface area (Å²) < 4.78 is 12.0. The van der Waals surface area contributed by atoms with Crippen LogP contribution in [-0.2, 0) is 0 Å². The first kappa shape index (κ1) is 20.9. The molecular weight excluding hydrogens is 432 g/mol. The number of carbonyl (C=O) groups is 1. The molecule has 3 aromatic carbocycles. The van der Waals surface area contributed by atoms with Crippen molar-refractivity contribution < 1.29 is 14.3 Å². The van der Waals surface area contributed by atoms with Crippen molar-refractivity contribution in [1.82, 2.24) is 5.43 Å². The molecule has 0 spiro atoms. The SMILES string of the molecule is CC[C@H](C)Oc1ccc(/C=N\NC(=O)c2cc3ccccc3cc2OC)cc1Br. The smallest absolute Gasteiger partial charge is 0.275 e. The molecule has 0 heterocycles. The molecule has 29 heavy (non-hydrogen) atoms. The van der Waals surface area contributed by atoms with Crippen LogP contribution in [0.15, 0.2) is 64.2 Å². The summed E-state index contributed by atoms with van der Waals surface area (Å²) >= 11 is 3.51. The van der Waals surface area contributed by atoms with E-state index in [-0.39, 0.29) is 12.0 Å². The number of nitrogens with one attached hydrogen (secondary N) is 1. The first-order valence-corrected chi connectivity index (χ1v) is 10.2. The summed E-state index contributed by atoms with van der Waals surface area (Å²) in [7, 11) is 1.55. The lowest BCUT2D eigenvalue weighted by Gasteiger charge is -2.14. The summed E-state index contributed by atoms with van der Waals surface area (Å²) in [5, 5.41) is 6.05. The van der Waals surface area contributed by atoms with Crippen molar-refractivity contribution in [2.75, 3.05) is 7.11 Å². The molecule has 0 aromatic heterocycles. The highest BCUT2D eigenvalue weighted by molar-refractivity contribution is 9.10. The van der Waals surface area contributed by atoms with Gasteiger partial charge >= 0.3 is 0 Å². The Labute approximate surface area is 178 Å². The monoisotopic (exact) mass is 454 g/mol. The zero-order valence-corrected chi connectivity index (χ0v) is 18.2. The van der Waals surface area contributed by atoms with Gasteiger partial charge in [0.1, 0.15) is 11.5 Å². The molecule has 1 atom stereocenters. The first-order valence-electron chi connectivity index (χ1n) is 9.38. The van der Waals surface area contributed by atoms with Gasteiger partial charge in [-0.3, -0.25) is 4.79 Å². The van der Waals surface area contributed by atoms with E-state index in [9.17, 15) is 4.79 Å². The van der Waals surface area contributed by atoms with Crippen LogP contribution in [0.4, 0.5) is 0 Å². The number of hydrogen-bond acceptors (Lipinski definition) is 4. The van der Waals surface area contributed by atoms with Gasteiger partial charge in [-0.2, -0.15) is 5.10 Å². The molecule has 0 unspecified atom stereocenters. The number of fused-ring (bicyclic) bond motifs is 1. The Balaban J connectivity index is 1.73. The summed E-state index contributed by atoms with van der Waals surface area (Å²) in [5.74, 6) is 0.951. The molecule has 3 rings (SSSR count). The molecule has 0 saturated heterocycles. The fourth-order valence-electron chi connectivity index (χ4n) is 2.78. The Hall–Kier alpha value is -2.86. The molecule has 3 aromatic rings. The molecule has 1 amide bonds. The number of halogens is 1. The maximum atomic E-state index is 12.6. The Morgan fingerprint density at radius 2 is 1.86 bits per heavy atom. The van der Waals surface area contributed by atoms with Gasteiger partial charge in [0.15, 0.2) is 0 Å². The standard InChI is InChI=1S/C23H23BrN2O3/c1-4-15(2)29-21-10-9-16(11-20(21)24)14-25-26-23(27)19-12-17-7-5-6-8-18(17)13-22(19)28-3/h5-15H,4H2,1-3H3,(H,26,27)/b25-14-/t15-/m0/s1. The highest BCUT2D eigenvalue weighted by Crippen LogP contribution is 2.27. The predicted octanol–water partition coefficient (Wildman–Crippen LogP) is 5.55. The van der Waals surface area contributed by atoms with E-state index in [4.69, 9.17) is 9.47 Å². The van der Waals surface area contributed by atoms with Gasteiger partial charge in [0.2, 0.25) is 0 Å². The highest BCUT2D eigenvalue weighted by Gasteiger charge is 2.13. The number of ether oxygens (including phenoxy) is 2. The predicted molar refractivity (Wildman–Crippen MR) is 120 cm³/mol. The van der Waals surface area contributed by atoms with Gasteiger partial charge < -0.3 is 9.47 Å². The van der Waals surface area contributed by atoms with Crippen LogP contribution < -0.4 is 14.9 Å². The topological polar surface area (TPSA) is 59.9 Å². The number of hydrogen-bond donors (Lipinski definition) is 1. The van der Waals surface area contributed by atoms with Gasteiger partial charge in [0, 0.05) is 0 Å². The van der Waals surface area contributed by atoms with Crippen LogP contribution in [0.2, 0.25) is 0 Å². The lowest BCUT2D eigenvalue weighted by atomic mass is 10.1.